The molecule has 0 bridgehead atoms. The predicted octanol–water partition coefficient (Wildman–Crippen LogP) is 3.34. The van der Waals surface area contributed by atoms with Crippen molar-refractivity contribution in [1.29, 1.82) is 0 Å². The Hall–Kier alpha value is -0.510. The first-order chi connectivity index (χ1) is 9.55. The third kappa shape index (κ3) is 3.78. The van der Waals surface area contributed by atoms with Crippen LogP contribution in [0.1, 0.15) is 32.8 Å². The minimum atomic E-state index is 0.0797. The Labute approximate surface area is 128 Å². The van der Waals surface area contributed by atoms with Gasteiger partial charge >= 0.3 is 0 Å². The van der Waals surface area contributed by atoms with Crippen LogP contribution in [0.3, 0.4) is 0 Å². The number of piperazine rings is 1. The van der Waals surface area contributed by atoms with Crippen molar-refractivity contribution < 1.29 is 0 Å². The van der Waals surface area contributed by atoms with Crippen molar-refractivity contribution >= 4 is 11.8 Å². The fourth-order valence-electron chi connectivity index (χ4n) is 2.88. The Bertz CT molecular complexity index is 409. The van der Waals surface area contributed by atoms with E-state index >= 15 is 0 Å². The van der Waals surface area contributed by atoms with Crippen LogP contribution in [-0.2, 0) is 5.54 Å². The van der Waals surface area contributed by atoms with Gasteiger partial charge in [0, 0.05) is 24.4 Å². The van der Waals surface area contributed by atoms with Crippen LogP contribution in [0.5, 0.6) is 0 Å². The molecule has 0 spiro atoms. The number of benzene rings is 1. The Kier molecular flexibility index (Phi) is 5.53. The van der Waals surface area contributed by atoms with Crippen molar-refractivity contribution in [2.45, 2.75) is 44.0 Å². The summed E-state index contributed by atoms with van der Waals surface area (Å²) in [6.07, 6.45) is 3.48. The van der Waals surface area contributed by atoms with Gasteiger partial charge in [-0.05, 0) is 38.6 Å². The minimum Gasteiger partial charge on any atom is -0.305 e. The van der Waals surface area contributed by atoms with Crippen LogP contribution in [0.25, 0.3) is 0 Å². The highest BCUT2D eigenvalue weighted by Crippen LogP contribution is 2.26. The molecule has 0 saturated carbocycles. The molecule has 1 N–H and O–H groups in total. The second kappa shape index (κ2) is 6.97. The Balaban J connectivity index is 2.03. The highest BCUT2D eigenvalue weighted by atomic mass is 32.2. The average Bonchev–Trinajstić information content (AvgIpc) is 2.49. The Morgan fingerprint density at radius 2 is 2.10 bits per heavy atom. The molecule has 112 valence electrons. The molecule has 1 aromatic carbocycles. The van der Waals surface area contributed by atoms with E-state index in [0.29, 0.717) is 6.04 Å². The largest absolute Gasteiger partial charge is 0.305 e. The smallest absolute Gasteiger partial charge is 0.0535 e. The van der Waals surface area contributed by atoms with Crippen LogP contribution in [-0.4, -0.2) is 42.1 Å². The molecule has 0 radical (unpaired) electrons. The molecule has 3 atom stereocenters. The maximum atomic E-state index is 3.75. The summed E-state index contributed by atoms with van der Waals surface area (Å²) < 4.78 is 0. The molecule has 0 aliphatic carbocycles. The van der Waals surface area contributed by atoms with E-state index < -0.39 is 0 Å². The Morgan fingerprint density at radius 1 is 1.40 bits per heavy atom. The molecule has 0 aromatic heterocycles. The van der Waals surface area contributed by atoms with E-state index in [1.165, 1.54) is 18.5 Å². The molecule has 20 heavy (non-hydrogen) atoms. The van der Waals surface area contributed by atoms with E-state index in [-0.39, 0.29) is 5.54 Å². The lowest BCUT2D eigenvalue weighted by atomic mass is 9.88. The minimum absolute atomic E-state index is 0.0797. The first-order valence-electron chi connectivity index (χ1n) is 7.62. The van der Waals surface area contributed by atoms with Gasteiger partial charge in [-0.2, -0.15) is 11.8 Å². The van der Waals surface area contributed by atoms with Gasteiger partial charge in [-0.1, -0.05) is 37.3 Å². The second-order valence-electron chi connectivity index (χ2n) is 6.23. The van der Waals surface area contributed by atoms with Gasteiger partial charge in [-0.15, -0.1) is 0 Å². The van der Waals surface area contributed by atoms with Crippen molar-refractivity contribution in [2.75, 3.05) is 25.9 Å². The summed E-state index contributed by atoms with van der Waals surface area (Å²) in [5, 5.41) is 4.50. The third-order valence-corrected chi connectivity index (χ3v) is 5.61. The van der Waals surface area contributed by atoms with E-state index in [0.717, 1.165) is 18.3 Å². The number of rotatable bonds is 5. The molecule has 3 heteroatoms. The molecule has 2 nitrogen and oxygen atoms in total. The van der Waals surface area contributed by atoms with E-state index in [1.807, 2.05) is 11.8 Å². The van der Waals surface area contributed by atoms with Crippen molar-refractivity contribution in [3.63, 3.8) is 0 Å². The van der Waals surface area contributed by atoms with Crippen LogP contribution in [0.4, 0.5) is 0 Å². The van der Waals surface area contributed by atoms with Gasteiger partial charge in [-0.25, -0.2) is 0 Å². The molecule has 1 aliphatic heterocycles. The molecule has 2 rings (SSSR count). The summed E-state index contributed by atoms with van der Waals surface area (Å²) >= 11 is 1.97. The molecule has 1 aromatic rings. The fraction of sp³-hybridized carbons (Fsp3) is 0.647. The topological polar surface area (TPSA) is 15.3 Å². The van der Waals surface area contributed by atoms with E-state index in [2.05, 4.69) is 67.6 Å². The van der Waals surface area contributed by atoms with Crippen molar-refractivity contribution in [3.05, 3.63) is 35.9 Å². The van der Waals surface area contributed by atoms with E-state index in [4.69, 9.17) is 0 Å². The number of hydrogen-bond donors (Lipinski definition) is 1. The maximum absolute atomic E-state index is 3.75. The number of nitrogens with one attached hydrogen (secondary N) is 1. The zero-order valence-electron chi connectivity index (χ0n) is 13.2. The van der Waals surface area contributed by atoms with Crippen LogP contribution in [0, 0.1) is 0 Å². The van der Waals surface area contributed by atoms with Gasteiger partial charge in [0.1, 0.15) is 0 Å². The van der Waals surface area contributed by atoms with Gasteiger partial charge in [0.05, 0.1) is 5.54 Å². The lowest BCUT2D eigenvalue weighted by Gasteiger charge is -2.45. The summed E-state index contributed by atoms with van der Waals surface area (Å²) in [7, 11) is 0. The van der Waals surface area contributed by atoms with Crippen molar-refractivity contribution in [3.8, 4) is 0 Å². The molecule has 0 amide bonds. The lowest BCUT2D eigenvalue weighted by molar-refractivity contribution is 0.0937. The quantitative estimate of drug-likeness (QED) is 0.896. The highest BCUT2D eigenvalue weighted by molar-refractivity contribution is 7.99. The summed E-state index contributed by atoms with van der Waals surface area (Å²) in [6.45, 7) is 10.4. The predicted molar refractivity (Wildman–Crippen MR) is 90.4 cm³/mol. The standard InChI is InChI=1S/C17H28N2S/c1-14-12-18-17(3,16-8-6-5-7-9-16)13-19(14)11-10-15(2)20-4/h5-9,14-15,18H,10-13H2,1-4H3. The van der Waals surface area contributed by atoms with Crippen LogP contribution in [0.2, 0.25) is 0 Å². The normalized spacial score (nSPS) is 29.3. The molecule has 3 unspecified atom stereocenters. The lowest BCUT2D eigenvalue weighted by Crippen LogP contribution is -2.60. The highest BCUT2D eigenvalue weighted by Gasteiger charge is 2.35. The molecular formula is C17H28N2S. The van der Waals surface area contributed by atoms with Crippen LogP contribution >= 0.6 is 11.8 Å². The summed E-state index contributed by atoms with van der Waals surface area (Å²) in [5.74, 6) is 0. The number of nitrogens with zero attached hydrogens (tertiary/aromatic N) is 1. The molecule has 1 fully saturated rings. The molecule has 1 heterocycles. The van der Waals surface area contributed by atoms with Crippen LogP contribution in [0.15, 0.2) is 30.3 Å². The van der Waals surface area contributed by atoms with Gasteiger partial charge in [0.15, 0.2) is 0 Å². The number of hydrogen-bond acceptors (Lipinski definition) is 3. The van der Waals surface area contributed by atoms with E-state index in [9.17, 15) is 0 Å². The monoisotopic (exact) mass is 292 g/mol. The first-order valence-corrected chi connectivity index (χ1v) is 8.91. The van der Waals surface area contributed by atoms with Gasteiger partial charge in [-0.3, -0.25) is 4.90 Å². The maximum Gasteiger partial charge on any atom is 0.0535 e. The summed E-state index contributed by atoms with van der Waals surface area (Å²) in [6, 6.07) is 11.5. The first kappa shape index (κ1) is 15.9. The number of thioether (sulfide) groups is 1. The Morgan fingerprint density at radius 3 is 2.75 bits per heavy atom. The SMILES string of the molecule is CSC(C)CCN1CC(C)(c2ccccc2)NCC1C. The zero-order chi connectivity index (χ0) is 14.6. The summed E-state index contributed by atoms with van der Waals surface area (Å²) in [4.78, 5) is 2.65. The van der Waals surface area contributed by atoms with Gasteiger partial charge < -0.3 is 5.32 Å². The van der Waals surface area contributed by atoms with Crippen molar-refractivity contribution in [2.24, 2.45) is 0 Å². The average molecular weight is 292 g/mol. The molecule has 1 aliphatic rings. The van der Waals surface area contributed by atoms with Gasteiger partial charge in [0.2, 0.25) is 0 Å². The summed E-state index contributed by atoms with van der Waals surface area (Å²) in [5.41, 5.74) is 1.48. The second-order valence-corrected chi connectivity index (χ2v) is 7.51. The zero-order valence-corrected chi connectivity index (χ0v) is 14.0. The fourth-order valence-corrected chi connectivity index (χ4v) is 3.23. The third-order valence-electron chi connectivity index (χ3n) is 4.57. The molecular weight excluding hydrogens is 264 g/mol. The van der Waals surface area contributed by atoms with Crippen LogP contribution < -0.4 is 5.32 Å². The van der Waals surface area contributed by atoms with E-state index in [1.54, 1.807) is 0 Å². The van der Waals surface area contributed by atoms with Gasteiger partial charge in [0.25, 0.3) is 0 Å². The molecule has 1 saturated heterocycles. The van der Waals surface area contributed by atoms with Crippen molar-refractivity contribution in [1.82, 2.24) is 10.2 Å².